The van der Waals surface area contributed by atoms with Crippen LogP contribution in [0.4, 0.5) is 30.2 Å². The monoisotopic (exact) mass is 746 g/mol. The van der Waals surface area contributed by atoms with Gasteiger partial charge < -0.3 is 54.7 Å². The van der Waals surface area contributed by atoms with Gasteiger partial charge in [-0.3, -0.25) is 9.59 Å². The Balaban J connectivity index is 1.48. The molecular weight excluding hydrogens is 709 g/mol. The number of alkyl halides is 3. The zero-order valence-corrected chi connectivity index (χ0v) is 28.4. The van der Waals surface area contributed by atoms with E-state index < -0.39 is 66.4 Å². The number of hydrogen-bond donors (Lipinski definition) is 5. The Labute approximate surface area is 300 Å². The van der Waals surface area contributed by atoms with Crippen molar-refractivity contribution in [3.05, 3.63) is 77.9 Å². The molecule has 5 atom stereocenters. The van der Waals surface area contributed by atoms with Gasteiger partial charge in [-0.25, -0.2) is 9.59 Å². The average molecular weight is 747 g/mol. The number of carbonyl (C=O) groups is 4. The van der Waals surface area contributed by atoms with Crippen molar-refractivity contribution in [1.82, 2.24) is 4.90 Å². The third-order valence-corrected chi connectivity index (χ3v) is 8.59. The minimum atomic E-state index is -5.55. The molecule has 5 rings (SSSR count). The summed E-state index contributed by atoms with van der Waals surface area (Å²) in [5, 5.41) is 35.7. The summed E-state index contributed by atoms with van der Waals surface area (Å²) in [5.41, 5.74) is 0.864. The van der Waals surface area contributed by atoms with Crippen molar-refractivity contribution >= 4 is 40.8 Å². The maximum absolute atomic E-state index is 13.7. The van der Waals surface area contributed by atoms with Crippen molar-refractivity contribution in [1.29, 1.82) is 0 Å². The molecule has 53 heavy (non-hydrogen) atoms. The van der Waals surface area contributed by atoms with Crippen LogP contribution in [0.5, 0.6) is 11.5 Å². The summed E-state index contributed by atoms with van der Waals surface area (Å²) in [5.74, 6) is -5.93. The lowest BCUT2D eigenvalue weighted by atomic mass is 9.98. The Hall–Kier alpha value is -5.43. The number of hydrogen-bond acceptors (Lipinski definition) is 12. The number of benzene rings is 3. The largest absolute Gasteiger partial charge is 0.497 e. The Kier molecular flexibility index (Phi) is 12.1. The van der Waals surface area contributed by atoms with Gasteiger partial charge in [0.2, 0.25) is 6.29 Å². The van der Waals surface area contributed by atoms with Crippen LogP contribution in [0.25, 0.3) is 0 Å². The summed E-state index contributed by atoms with van der Waals surface area (Å²) >= 11 is 0. The van der Waals surface area contributed by atoms with Crippen molar-refractivity contribution in [2.45, 2.75) is 43.3 Å². The van der Waals surface area contributed by atoms with Gasteiger partial charge in [-0.05, 0) is 80.7 Å². The molecule has 5 N–H and O–H groups in total. The summed E-state index contributed by atoms with van der Waals surface area (Å²) in [6.45, 7) is 3.40. The van der Waals surface area contributed by atoms with Crippen LogP contribution >= 0.6 is 0 Å². The van der Waals surface area contributed by atoms with E-state index in [1.807, 2.05) is 7.05 Å². The minimum Gasteiger partial charge on any atom is -0.497 e. The van der Waals surface area contributed by atoms with E-state index in [1.165, 1.54) is 49.6 Å². The number of aliphatic hydroxyl groups excluding tert-OH is 2. The van der Waals surface area contributed by atoms with E-state index in [0.29, 0.717) is 5.75 Å². The number of carbonyl (C=O) groups excluding carboxylic acids is 3. The zero-order chi connectivity index (χ0) is 38.4. The number of aliphatic carboxylic acids is 1. The van der Waals surface area contributed by atoms with Crippen LogP contribution in [0.1, 0.15) is 27.1 Å². The number of methoxy groups -OCH3 is 1. The number of carboxylic acid groups (broad SMARTS) is 1. The number of esters is 1. The molecular formula is C35H37F3N4O11. The van der Waals surface area contributed by atoms with Crippen LogP contribution in [-0.4, -0.2) is 121 Å². The molecule has 2 fully saturated rings. The standard InChI is InChI=1S/C35H37F3N4O11/c1-41-15-4-16-42(18-17-41)21-11-7-19(8-12-21)31(46)40-25-23(39-30(45)20-9-13-22(50-2)14-10-20)5-3-6-24(25)51-33-29(53-34(49)35(36,37)38)27(44)26(43)28(52-33)32(47)48/h3,5-14,26-29,33,43-44H,4,15-18H2,1-2H3,(H,39,45)(H,40,46)(H,47,48)/t26-,27-,28-,29+,33+/m0/s1. The summed E-state index contributed by atoms with van der Waals surface area (Å²) in [7, 11) is 3.48. The topological polar surface area (TPSA) is 196 Å². The molecule has 0 aromatic heterocycles. The molecule has 15 nitrogen and oxygen atoms in total. The van der Waals surface area contributed by atoms with E-state index in [0.717, 1.165) is 38.3 Å². The highest BCUT2D eigenvalue weighted by Gasteiger charge is 2.53. The molecule has 2 aliphatic heterocycles. The van der Waals surface area contributed by atoms with Crippen LogP contribution in [0.15, 0.2) is 66.7 Å². The van der Waals surface area contributed by atoms with E-state index in [-0.39, 0.29) is 22.5 Å². The number of halogens is 3. The molecule has 2 heterocycles. The number of ether oxygens (including phenoxy) is 4. The molecule has 18 heteroatoms. The zero-order valence-electron chi connectivity index (χ0n) is 28.4. The van der Waals surface area contributed by atoms with Crippen LogP contribution in [0, 0.1) is 0 Å². The maximum atomic E-state index is 13.7. The molecule has 0 bridgehead atoms. The van der Waals surface area contributed by atoms with Gasteiger partial charge in [-0.1, -0.05) is 6.07 Å². The molecule has 0 saturated carbocycles. The lowest BCUT2D eigenvalue weighted by molar-refractivity contribution is -0.284. The molecule has 0 aliphatic carbocycles. The lowest BCUT2D eigenvalue weighted by Gasteiger charge is -2.40. The number of rotatable bonds is 10. The second-order valence-electron chi connectivity index (χ2n) is 12.2. The summed E-state index contributed by atoms with van der Waals surface area (Å²) < 4.78 is 60.0. The Bertz CT molecular complexity index is 1790. The first-order chi connectivity index (χ1) is 25.2. The van der Waals surface area contributed by atoms with Gasteiger partial charge in [0.05, 0.1) is 12.8 Å². The first-order valence-corrected chi connectivity index (χ1v) is 16.3. The van der Waals surface area contributed by atoms with Gasteiger partial charge in [0, 0.05) is 36.4 Å². The summed E-state index contributed by atoms with van der Waals surface area (Å²) in [6, 6.07) is 16.6. The van der Waals surface area contributed by atoms with Gasteiger partial charge in [0.25, 0.3) is 11.8 Å². The number of nitrogens with one attached hydrogen (secondary N) is 2. The fourth-order valence-corrected chi connectivity index (χ4v) is 5.69. The molecule has 284 valence electrons. The maximum Gasteiger partial charge on any atom is 0.490 e. The third kappa shape index (κ3) is 9.33. The molecule has 3 aromatic rings. The highest BCUT2D eigenvalue weighted by molar-refractivity contribution is 6.11. The number of aliphatic hydroxyl groups is 2. The van der Waals surface area contributed by atoms with Crippen LogP contribution < -0.4 is 25.0 Å². The van der Waals surface area contributed by atoms with Gasteiger partial charge in [0.1, 0.15) is 29.4 Å². The second-order valence-corrected chi connectivity index (χ2v) is 12.2. The summed E-state index contributed by atoms with van der Waals surface area (Å²) in [4.78, 5) is 55.0. The van der Waals surface area contributed by atoms with E-state index in [9.17, 15) is 47.7 Å². The van der Waals surface area contributed by atoms with E-state index in [1.54, 1.807) is 24.3 Å². The number of anilines is 3. The molecule has 2 aliphatic rings. The lowest BCUT2D eigenvalue weighted by Crippen LogP contribution is -2.62. The number of carboxylic acids is 1. The molecule has 3 aromatic carbocycles. The smallest absolute Gasteiger partial charge is 0.490 e. The Morgan fingerprint density at radius 1 is 0.849 bits per heavy atom. The van der Waals surface area contributed by atoms with Crippen LogP contribution in [0.3, 0.4) is 0 Å². The Morgan fingerprint density at radius 3 is 2.11 bits per heavy atom. The van der Waals surface area contributed by atoms with Crippen molar-refractivity contribution in [3.8, 4) is 11.5 Å². The first kappa shape index (κ1) is 38.8. The molecule has 0 spiro atoms. The highest BCUT2D eigenvalue weighted by atomic mass is 19.4. The summed E-state index contributed by atoms with van der Waals surface area (Å²) in [6.07, 6.45) is -16.3. The van der Waals surface area contributed by atoms with Crippen molar-refractivity contribution in [2.75, 3.05) is 55.9 Å². The van der Waals surface area contributed by atoms with Gasteiger partial charge >= 0.3 is 18.1 Å². The quantitative estimate of drug-likeness (QED) is 0.190. The van der Waals surface area contributed by atoms with Gasteiger partial charge in [-0.2, -0.15) is 13.2 Å². The SMILES string of the molecule is COc1ccc(C(=O)Nc2cccc(O[C@@H]3O[C@H](C(=O)O)[C@@H](O)[C@H](O)[C@H]3OC(=O)C(F)(F)F)c2NC(=O)c2ccc(N3CCCN(C)CC3)cc2)cc1. The van der Waals surface area contributed by atoms with Crippen LogP contribution in [0.2, 0.25) is 0 Å². The molecule has 2 saturated heterocycles. The van der Waals surface area contributed by atoms with Crippen molar-refractivity contribution in [3.63, 3.8) is 0 Å². The second kappa shape index (κ2) is 16.5. The van der Waals surface area contributed by atoms with E-state index in [4.69, 9.17) is 14.2 Å². The third-order valence-electron chi connectivity index (χ3n) is 8.59. The molecule has 0 radical (unpaired) electrons. The predicted molar refractivity (Wildman–Crippen MR) is 181 cm³/mol. The Morgan fingerprint density at radius 2 is 1.49 bits per heavy atom. The molecule has 0 unspecified atom stereocenters. The van der Waals surface area contributed by atoms with Crippen molar-refractivity contribution < 1.29 is 66.6 Å². The number of amides is 2. The van der Waals surface area contributed by atoms with Gasteiger partial charge in [0.15, 0.2) is 12.2 Å². The average Bonchev–Trinajstić information content (AvgIpc) is 3.36. The first-order valence-electron chi connectivity index (χ1n) is 16.3. The van der Waals surface area contributed by atoms with E-state index >= 15 is 0 Å². The fraction of sp³-hybridized carbons (Fsp3) is 0.371. The number of para-hydroxylation sites is 1. The molecule has 2 amide bonds. The van der Waals surface area contributed by atoms with E-state index in [2.05, 4.69) is 25.2 Å². The number of likely N-dealkylation sites (N-methyl/N-ethyl adjacent to an activating group) is 1. The van der Waals surface area contributed by atoms with Crippen molar-refractivity contribution in [2.24, 2.45) is 0 Å². The van der Waals surface area contributed by atoms with Crippen LogP contribution in [-0.2, 0) is 19.1 Å². The normalized spacial score (nSPS) is 22.2. The van der Waals surface area contributed by atoms with Gasteiger partial charge in [-0.15, -0.1) is 0 Å². The minimum absolute atomic E-state index is 0.0861. The fourth-order valence-electron chi connectivity index (χ4n) is 5.69. The number of nitrogens with zero attached hydrogens (tertiary/aromatic N) is 2. The predicted octanol–water partition coefficient (Wildman–Crippen LogP) is 2.73. The highest BCUT2D eigenvalue weighted by Crippen LogP contribution is 2.37.